The van der Waals surface area contributed by atoms with Crippen LogP contribution in [0.5, 0.6) is 23.0 Å². The molecule has 1 saturated carbocycles. The number of amides is 4. The minimum absolute atomic E-state index is 0.00876. The van der Waals surface area contributed by atoms with E-state index in [-0.39, 0.29) is 55.7 Å². The van der Waals surface area contributed by atoms with E-state index in [1.165, 1.54) is 19.1 Å². The number of anilines is 3. The van der Waals surface area contributed by atoms with E-state index in [9.17, 15) is 19.2 Å². The third kappa shape index (κ3) is 10.6. The van der Waals surface area contributed by atoms with Crippen molar-refractivity contribution in [2.24, 2.45) is 11.8 Å². The summed E-state index contributed by atoms with van der Waals surface area (Å²) in [5.41, 5.74) is 10.8. The topological polar surface area (TPSA) is 171 Å². The van der Waals surface area contributed by atoms with Crippen molar-refractivity contribution in [3.63, 3.8) is 0 Å². The van der Waals surface area contributed by atoms with Gasteiger partial charge in [-0.3, -0.25) is 24.1 Å². The lowest BCUT2D eigenvalue weighted by Gasteiger charge is -2.26. The number of fused-ring (bicyclic) bond motifs is 4. The summed E-state index contributed by atoms with van der Waals surface area (Å²) < 4.78 is 36.4. The number of methoxy groups -OCH3 is 2. The summed E-state index contributed by atoms with van der Waals surface area (Å²) in [4.78, 5) is 61.7. The van der Waals surface area contributed by atoms with Crippen molar-refractivity contribution in [1.82, 2.24) is 9.80 Å². The molecule has 3 aromatic carbocycles. The van der Waals surface area contributed by atoms with Gasteiger partial charge in [-0.15, -0.1) is 0 Å². The van der Waals surface area contributed by atoms with Gasteiger partial charge in [0, 0.05) is 78.3 Å². The molecule has 0 radical (unpaired) electrons. The summed E-state index contributed by atoms with van der Waals surface area (Å²) in [6.45, 7) is 15.4. The molecule has 0 spiro atoms. The Labute approximate surface area is 395 Å². The normalized spacial score (nSPS) is 20.3. The predicted octanol–water partition coefficient (Wildman–Crippen LogP) is 8.09. The number of carbonyl (C=O) groups is 4. The third-order valence-corrected chi connectivity index (χ3v) is 16.4. The van der Waals surface area contributed by atoms with E-state index in [0.29, 0.717) is 77.6 Å². The van der Waals surface area contributed by atoms with E-state index < -0.39 is 34.1 Å². The lowest BCUT2D eigenvalue weighted by atomic mass is 9.90. The molecule has 67 heavy (non-hydrogen) atoms. The number of benzene rings is 3. The van der Waals surface area contributed by atoms with E-state index in [4.69, 9.17) is 34.2 Å². The maximum atomic E-state index is 14.4. The number of carbonyl (C=O) groups excluding carboxylic acids is 4. The number of nitrogens with zero attached hydrogens (tertiary/aromatic N) is 3. The molecular formula is C50H65N5O10Si2. The number of nitrogens with two attached hydrogens (primary N) is 1. The molecule has 15 nitrogen and oxygen atoms in total. The van der Waals surface area contributed by atoms with Gasteiger partial charge in [0.25, 0.3) is 17.7 Å². The number of ether oxygens (including phenoxy) is 6. The summed E-state index contributed by atoms with van der Waals surface area (Å²) in [7, 11) is 0.246. The van der Waals surface area contributed by atoms with E-state index >= 15 is 0 Å². The smallest absolute Gasteiger partial charge is 0.260 e. The van der Waals surface area contributed by atoms with Gasteiger partial charge in [-0.1, -0.05) is 51.4 Å². The minimum atomic E-state index is -1.40. The van der Waals surface area contributed by atoms with E-state index in [1.807, 2.05) is 18.3 Å². The van der Waals surface area contributed by atoms with Gasteiger partial charge in [-0.05, 0) is 71.8 Å². The maximum Gasteiger partial charge on any atom is 0.260 e. The van der Waals surface area contributed by atoms with Crippen LogP contribution in [0.1, 0.15) is 52.0 Å². The van der Waals surface area contributed by atoms with Gasteiger partial charge in [0.1, 0.15) is 18.8 Å². The first kappa shape index (κ1) is 47.9. The highest BCUT2D eigenvalue weighted by Crippen LogP contribution is 2.46. The molecule has 17 heteroatoms. The van der Waals surface area contributed by atoms with Crippen LogP contribution in [0.2, 0.25) is 51.4 Å². The Morgan fingerprint density at radius 2 is 1.33 bits per heavy atom. The second kappa shape index (κ2) is 19.5. The monoisotopic (exact) mass is 951 g/mol. The lowest BCUT2D eigenvalue weighted by molar-refractivity contribution is -0.123. The van der Waals surface area contributed by atoms with E-state index in [1.54, 1.807) is 52.4 Å². The van der Waals surface area contributed by atoms with Crippen LogP contribution in [0.4, 0.5) is 17.1 Å². The third-order valence-electron chi connectivity index (χ3n) is 13.0. The SMILES string of the molecule is COc1cc2c(cc1OCCCOc1cc3c(cc1OC)C(=O)N1C=C(C4CC4)C[C@H]1C(=O)N3COCC[Si](C)(C)C)NC(=O)C1C(COCC[Si](C)(C)C)C(c3ccc(N)cc3)=CN1C2=O. The Kier molecular flexibility index (Phi) is 14.0. The molecule has 4 heterocycles. The van der Waals surface area contributed by atoms with Gasteiger partial charge in [0.05, 0.1) is 56.5 Å². The molecule has 1 fully saturated rings. The number of hydrogen-bond donors (Lipinski definition) is 2. The fourth-order valence-corrected chi connectivity index (χ4v) is 10.4. The molecule has 4 aliphatic heterocycles. The van der Waals surface area contributed by atoms with Crippen molar-refractivity contribution in [1.29, 1.82) is 0 Å². The molecule has 8 rings (SSSR count). The molecule has 0 saturated heterocycles. The summed E-state index contributed by atoms with van der Waals surface area (Å²) >= 11 is 0. The quantitative estimate of drug-likeness (QED) is 0.0638. The molecule has 3 atom stereocenters. The predicted molar refractivity (Wildman–Crippen MR) is 263 cm³/mol. The zero-order chi connectivity index (χ0) is 47.8. The first-order valence-corrected chi connectivity index (χ1v) is 30.8. The van der Waals surface area contributed by atoms with Crippen molar-refractivity contribution >= 4 is 62.4 Å². The van der Waals surface area contributed by atoms with Crippen molar-refractivity contribution in [3.05, 3.63) is 83.2 Å². The Balaban J connectivity index is 0.969. The Morgan fingerprint density at radius 3 is 1.96 bits per heavy atom. The van der Waals surface area contributed by atoms with E-state index in [2.05, 4.69) is 44.6 Å². The van der Waals surface area contributed by atoms with Crippen LogP contribution in [0.25, 0.3) is 5.57 Å². The Bertz CT molecular complexity index is 2460. The first-order valence-electron chi connectivity index (χ1n) is 23.4. The zero-order valence-corrected chi connectivity index (χ0v) is 42.1. The van der Waals surface area contributed by atoms with Crippen molar-refractivity contribution in [2.75, 3.05) is 69.9 Å². The zero-order valence-electron chi connectivity index (χ0n) is 40.1. The first-order chi connectivity index (χ1) is 31.9. The van der Waals surface area contributed by atoms with Gasteiger partial charge < -0.3 is 49.3 Å². The summed E-state index contributed by atoms with van der Waals surface area (Å²) in [5, 5.41) is 3.02. The largest absolute Gasteiger partial charge is 0.493 e. The van der Waals surface area contributed by atoms with Crippen LogP contribution in [0.15, 0.2) is 66.5 Å². The molecule has 4 amide bonds. The maximum absolute atomic E-state index is 14.4. The number of rotatable bonds is 20. The lowest BCUT2D eigenvalue weighted by Crippen LogP contribution is -2.45. The van der Waals surface area contributed by atoms with Crippen LogP contribution in [-0.2, 0) is 19.1 Å². The molecule has 0 aromatic heterocycles. The fraction of sp³-hybridized carbons (Fsp3) is 0.480. The van der Waals surface area contributed by atoms with Crippen LogP contribution in [-0.4, -0.2) is 116 Å². The molecule has 3 aromatic rings. The van der Waals surface area contributed by atoms with Crippen molar-refractivity contribution in [3.8, 4) is 23.0 Å². The molecule has 1 aliphatic carbocycles. The number of hydrogen-bond acceptors (Lipinski definition) is 11. The Hall–Kier alpha value is -5.63. The standard InChI is InChI=1S/C50H65N5O10Si2/c1-60-42-23-35-39(52-47(56)46-38(29-62-18-20-66(3,4)5)37(28-54(46)48(35)57)32-12-14-34(51)15-13-32)25-44(42)64-16-9-17-65-45-26-40-36(24-43(45)61-2)49(58)53-27-33(31-10-11-31)22-41(53)50(59)55(40)30-63-19-21-67(6,7)8/h12-15,23-28,31,38,41,46H,9-11,16-22,29-30,51H2,1-8H3,(H,52,56)/t38?,41-,46?/m0/s1. The van der Waals surface area contributed by atoms with Gasteiger partial charge >= 0.3 is 0 Å². The van der Waals surface area contributed by atoms with Crippen LogP contribution in [0, 0.1) is 11.8 Å². The molecule has 2 unspecified atom stereocenters. The van der Waals surface area contributed by atoms with Crippen molar-refractivity contribution < 1.29 is 47.6 Å². The minimum Gasteiger partial charge on any atom is -0.493 e. The van der Waals surface area contributed by atoms with Crippen molar-refractivity contribution in [2.45, 2.75) is 89.1 Å². The number of nitrogen functional groups attached to an aromatic ring is 1. The number of nitrogens with one attached hydrogen (secondary N) is 1. The fourth-order valence-electron chi connectivity index (χ4n) is 8.90. The summed E-state index contributed by atoms with van der Waals surface area (Å²) in [5.74, 6) is 0.233. The van der Waals surface area contributed by atoms with Gasteiger partial charge in [-0.25, -0.2) is 0 Å². The molecule has 3 N–H and O–H groups in total. The van der Waals surface area contributed by atoms with Gasteiger partial charge in [0.15, 0.2) is 23.0 Å². The second-order valence-electron chi connectivity index (χ2n) is 20.5. The van der Waals surface area contributed by atoms with Crippen LogP contribution in [0.3, 0.4) is 0 Å². The van der Waals surface area contributed by atoms with Gasteiger partial charge in [-0.2, -0.15) is 0 Å². The highest BCUT2D eigenvalue weighted by molar-refractivity contribution is 6.76. The highest BCUT2D eigenvalue weighted by atomic mass is 28.3. The molecule has 358 valence electrons. The molecular weight excluding hydrogens is 887 g/mol. The van der Waals surface area contributed by atoms with Crippen LogP contribution < -0.4 is 34.9 Å². The second-order valence-corrected chi connectivity index (χ2v) is 31.7. The molecule has 0 bridgehead atoms. The van der Waals surface area contributed by atoms with E-state index in [0.717, 1.165) is 41.6 Å². The van der Waals surface area contributed by atoms with Crippen LogP contribution >= 0.6 is 0 Å². The Morgan fingerprint density at radius 1 is 0.716 bits per heavy atom. The average Bonchev–Trinajstić information content (AvgIpc) is 3.95. The molecule has 5 aliphatic rings. The summed E-state index contributed by atoms with van der Waals surface area (Å²) in [6, 6.07) is 14.4. The summed E-state index contributed by atoms with van der Waals surface area (Å²) in [6.07, 6.45) is 6.73. The highest BCUT2D eigenvalue weighted by Gasteiger charge is 2.47. The van der Waals surface area contributed by atoms with Gasteiger partial charge in [0.2, 0.25) is 5.91 Å². The average molecular weight is 952 g/mol.